The second-order valence-electron chi connectivity index (χ2n) is 5.08. The van der Waals surface area contributed by atoms with Crippen LogP contribution in [0.3, 0.4) is 0 Å². The van der Waals surface area contributed by atoms with Crippen molar-refractivity contribution in [3.05, 3.63) is 48.3 Å². The number of benzene rings is 1. The van der Waals surface area contributed by atoms with Gasteiger partial charge in [-0.15, -0.1) is 0 Å². The fourth-order valence-corrected chi connectivity index (χ4v) is 2.11. The van der Waals surface area contributed by atoms with E-state index in [9.17, 15) is 0 Å². The topological polar surface area (TPSA) is 63.8 Å². The molecule has 3 N–H and O–H groups in total. The maximum absolute atomic E-state index is 9.13. The highest BCUT2D eigenvalue weighted by Gasteiger charge is 2.15. The zero-order chi connectivity index (χ0) is 15.1. The van der Waals surface area contributed by atoms with E-state index in [1.54, 1.807) is 12.3 Å². The molecule has 0 aliphatic rings. The van der Waals surface area contributed by atoms with Gasteiger partial charge in [-0.25, -0.2) is 4.98 Å². The molecule has 0 unspecified atom stereocenters. The molecule has 0 bridgehead atoms. The third kappa shape index (κ3) is 4.88. The molecule has 0 saturated heterocycles. The molecule has 0 aliphatic carbocycles. The highest BCUT2D eigenvalue weighted by Crippen LogP contribution is 2.20. The zero-order valence-corrected chi connectivity index (χ0v) is 12.2. The number of hydrogen-bond donors (Lipinski definition) is 2. The first-order valence-corrected chi connectivity index (χ1v) is 7.33. The van der Waals surface area contributed by atoms with Gasteiger partial charge in [0.1, 0.15) is 5.75 Å². The number of rotatable bonds is 7. The molecule has 1 aromatic carbocycles. The van der Waals surface area contributed by atoms with Crippen LogP contribution in [0.1, 0.15) is 31.7 Å². The van der Waals surface area contributed by atoms with Crippen molar-refractivity contribution in [3.63, 3.8) is 0 Å². The summed E-state index contributed by atoms with van der Waals surface area (Å²) in [6, 6.07) is 9.60. The van der Waals surface area contributed by atoms with Gasteiger partial charge in [-0.1, -0.05) is 31.9 Å². The number of aromatic nitrogens is 1. The Morgan fingerprint density at radius 1 is 1.05 bits per heavy atom. The van der Waals surface area contributed by atoms with Crippen molar-refractivity contribution in [2.24, 2.45) is 0 Å². The van der Waals surface area contributed by atoms with Gasteiger partial charge in [-0.3, -0.25) is 0 Å². The van der Waals surface area contributed by atoms with Gasteiger partial charge in [0.2, 0.25) is 6.20 Å². The zero-order valence-electron chi connectivity index (χ0n) is 12.2. The molecule has 0 amide bonds. The first kappa shape index (κ1) is 15.5. The van der Waals surface area contributed by atoms with Crippen molar-refractivity contribution >= 4 is 12.6 Å². The van der Waals surface area contributed by atoms with Gasteiger partial charge in [-0.05, 0) is 36.6 Å². The second kappa shape index (κ2) is 7.81. The lowest BCUT2D eigenvalue weighted by molar-refractivity contribution is -0.377. The first-order valence-electron chi connectivity index (χ1n) is 7.33. The van der Waals surface area contributed by atoms with Crippen LogP contribution in [-0.2, 0) is 6.42 Å². The quantitative estimate of drug-likeness (QED) is 0.601. The molecule has 1 heterocycles. The fourth-order valence-electron chi connectivity index (χ4n) is 2.11. The van der Waals surface area contributed by atoms with Crippen LogP contribution in [0, 0.1) is 0 Å². The average Bonchev–Trinajstić information content (AvgIpc) is 2.49. The van der Waals surface area contributed by atoms with Crippen LogP contribution in [-0.4, -0.2) is 17.2 Å². The van der Waals surface area contributed by atoms with E-state index in [2.05, 4.69) is 24.0 Å². The van der Waals surface area contributed by atoms with Crippen molar-refractivity contribution in [2.45, 2.75) is 32.6 Å². The van der Waals surface area contributed by atoms with Gasteiger partial charge in [0.15, 0.2) is 11.9 Å². The minimum absolute atomic E-state index is 0.365. The lowest BCUT2D eigenvalue weighted by Gasteiger charge is -2.06. The van der Waals surface area contributed by atoms with Gasteiger partial charge in [0.25, 0.3) is 0 Å². The second-order valence-corrected chi connectivity index (χ2v) is 5.08. The highest BCUT2D eigenvalue weighted by atomic mass is 16.5. The van der Waals surface area contributed by atoms with Crippen LogP contribution in [0.5, 0.6) is 11.5 Å². The van der Waals surface area contributed by atoms with Gasteiger partial charge < -0.3 is 14.8 Å². The van der Waals surface area contributed by atoms with Crippen LogP contribution in [0.25, 0.3) is 0 Å². The molecule has 1 aromatic heterocycles. The SMILES string of the molecule is CCCCCc1ccc(Oc2c[nH+]cc(B(O)O)c2)cc1. The minimum atomic E-state index is -1.51. The Hall–Kier alpha value is -1.85. The third-order valence-corrected chi connectivity index (χ3v) is 3.31. The molecule has 110 valence electrons. The molecule has 0 spiro atoms. The predicted molar refractivity (Wildman–Crippen MR) is 82.6 cm³/mol. The van der Waals surface area contributed by atoms with Crippen LogP contribution >= 0.6 is 0 Å². The van der Waals surface area contributed by atoms with Crippen LogP contribution in [0.15, 0.2) is 42.7 Å². The van der Waals surface area contributed by atoms with E-state index in [0.29, 0.717) is 11.2 Å². The number of H-pyrrole nitrogens is 1. The monoisotopic (exact) mass is 286 g/mol. The Bertz CT molecular complexity index is 558. The van der Waals surface area contributed by atoms with Crippen molar-refractivity contribution in [3.8, 4) is 11.5 Å². The molecule has 0 saturated carbocycles. The van der Waals surface area contributed by atoms with Crippen molar-refractivity contribution in [1.82, 2.24) is 0 Å². The molecule has 0 atom stereocenters. The van der Waals surface area contributed by atoms with Crippen LogP contribution in [0.2, 0.25) is 0 Å². The number of ether oxygens (including phenoxy) is 1. The Labute approximate surface area is 125 Å². The van der Waals surface area contributed by atoms with Crippen molar-refractivity contribution < 1.29 is 19.8 Å². The Kier molecular flexibility index (Phi) is 5.78. The molecule has 0 radical (unpaired) electrons. The molecule has 4 nitrogen and oxygen atoms in total. The van der Waals surface area contributed by atoms with E-state index in [1.165, 1.54) is 31.0 Å². The van der Waals surface area contributed by atoms with E-state index in [-0.39, 0.29) is 0 Å². The summed E-state index contributed by atoms with van der Waals surface area (Å²) < 4.78 is 5.70. The minimum Gasteiger partial charge on any atom is -0.451 e. The normalized spacial score (nSPS) is 10.4. The number of hydrogen-bond acceptors (Lipinski definition) is 3. The van der Waals surface area contributed by atoms with Crippen LogP contribution in [0.4, 0.5) is 0 Å². The molecular formula is C16H21BNO3+. The van der Waals surface area contributed by atoms with Gasteiger partial charge in [-0.2, -0.15) is 0 Å². The third-order valence-electron chi connectivity index (χ3n) is 3.31. The van der Waals surface area contributed by atoms with Gasteiger partial charge in [0, 0.05) is 5.46 Å². The smallest absolute Gasteiger partial charge is 0.451 e. The number of aromatic amines is 1. The molecule has 2 rings (SSSR count). The maximum Gasteiger partial charge on any atom is 0.494 e. The Balaban J connectivity index is 1.98. The van der Waals surface area contributed by atoms with E-state index >= 15 is 0 Å². The molecule has 2 aromatic rings. The summed E-state index contributed by atoms with van der Waals surface area (Å²) in [7, 11) is -1.51. The molecule has 0 fully saturated rings. The number of pyridine rings is 1. The molecule has 21 heavy (non-hydrogen) atoms. The predicted octanol–water partition coefficient (Wildman–Crippen LogP) is 1.71. The van der Waals surface area contributed by atoms with Gasteiger partial charge in [0.05, 0.1) is 0 Å². The summed E-state index contributed by atoms with van der Waals surface area (Å²) in [5.74, 6) is 1.27. The van der Waals surface area contributed by atoms with E-state index < -0.39 is 7.12 Å². The summed E-state index contributed by atoms with van der Waals surface area (Å²) in [5, 5.41) is 18.3. The lowest BCUT2D eigenvalue weighted by Crippen LogP contribution is -2.32. The average molecular weight is 286 g/mol. The highest BCUT2D eigenvalue weighted by molar-refractivity contribution is 6.58. The molecule has 5 heteroatoms. The van der Waals surface area contributed by atoms with Crippen molar-refractivity contribution in [2.75, 3.05) is 0 Å². The standard InChI is InChI=1S/C16H20BNO3/c1-2-3-4-5-13-6-8-15(9-7-13)21-16-10-14(17(19)20)11-18-12-16/h6-12,19-20H,2-5H2,1H3/p+1. The summed E-state index contributed by atoms with van der Waals surface area (Å²) in [6.45, 7) is 2.20. The molecular weight excluding hydrogens is 265 g/mol. The summed E-state index contributed by atoms with van der Waals surface area (Å²) in [4.78, 5) is 2.83. The summed E-state index contributed by atoms with van der Waals surface area (Å²) in [5.41, 5.74) is 1.67. The Morgan fingerprint density at radius 3 is 2.48 bits per heavy atom. The first-order chi connectivity index (χ1) is 10.2. The number of nitrogens with one attached hydrogen (secondary N) is 1. The molecule has 0 aliphatic heterocycles. The van der Waals surface area contributed by atoms with E-state index in [1.807, 2.05) is 12.1 Å². The van der Waals surface area contributed by atoms with Crippen molar-refractivity contribution in [1.29, 1.82) is 0 Å². The van der Waals surface area contributed by atoms with E-state index in [4.69, 9.17) is 14.8 Å². The van der Waals surface area contributed by atoms with Crippen LogP contribution < -0.4 is 15.2 Å². The van der Waals surface area contributed by atoms with E-state index in [0.717, 1.165) is 12.2 Å². The lowest BCUT2D eigenvalue weighted by atomic mass is 9.82. The number of unbranched alkanes of at least 4 members (excludes halogenated alkanes) is 2. The fraction of sp³-hybridized carbons (Fsp3) is 0.312. The summed E-state index contributed by atoms with van der Waals surface area (Å²) in [6.07, 6.45) is 7.97. The number of aryl methyl sites for hydroxylation is 1. The summed E-state index contributed by atoms with van der Waals surface area (Å²) >= 11 is 0. The maximum atomic E-state index is 9.13. The largest absolute Gasteiger partial charge is 0.494 e. The van der Waals surface area contributed by atoms with Gasteiger partial charge >= 0.3 is 7.12 Å². The Morgan fingerprint density at radius 2 is 1.81 bits per heavy atom.